The summed E-state index contributed by atoms with van der Waals surface area (Å²) in [5.74, 6) is 0.608. The van der Waals surface area contributed by atoms with Gasteiger partial charge in [0, 0.05) is 6.61 Å². The van der Waals surface area contributed by atoms with Crippen LogP contribution in [0.4, 0.5) is 0 Å². The molecule has 5 unspecified atom stereocenters. The number of aromatic nitrogens is 4. The Kier molecular flexibility index (Phi) is 8.42. The molecular formula is C30H32N4O8. The van der Waals surface area contributed by atoms with E-state index in [1.807, 2.05) is 48.5 Å². The first-order chi connectivity index (χ1) is 20.6. The van der Waals surface area contributed by atoms with Gasteiger partial charge in [0.1, 0.15) is 37.4 Å². The molecule has 2 saturated heterocycles. The Balaban J connectivity index is 1.12. The average Bonchev–Trinajstić information content (AvgIpc) is 3.83. The van der Waals surface area contributed by atoms with E-state index in [-0.39, 0.29) is 20.2 Å². The van der Waals surface area contributed by atoms with Gasteiger partial charge in [-0.3, -0.25) is 0 Å². The fourth-order valence-corrected chi connectivity index (χ4v) is 5.04. The highest BCUT2D eigenvalue weighted by Gasteiger charge is 2.40. The fourth-order valence-electron chi connectivity index (χ4n) is 5.04. The zero-order valence-electron chi connectivity index (χ0n) is 23.2. The Morgan fingerprint density at radius 3 is 1.90 bits per heavy atom. The van der Waals surface area contributed by atoms with E-state index >= 15 is 0 Å². The maximum Gasteiger partial charge on any atom is 0.338 e. The molecule has 0 spiro atoms. The van der Waals surface area contributed by atoms with Gasteiger partial charge in [0.25, 0.3) is 0 Å². The van der Waals surface area contributed by atoms with Gasteiger partial charge < -0.3 is 43.5 Å². The third-order valence-electron chi connectivity index (χ3n) is 7.17. The molecule has 220 valence electrons. The smallest absolute Gasteiger partial charge is 0.338 e. The molecule has 12 nitrogen and oxygen atoms in total. The maximum absolute atomic E-state index is 12.2. The molecule has 5 atom stereocenters. The van der Waals surface area contributed by atoms with Gasteiger partial charge in [0.05, 0.1) is 30.4 Å². The van der Waals surface area contributed by atoms with Gasteiger partial charge in [-0.15, -0.1) is 0 Å². The van der Waals surface area contributed by atoms with Crippen LogP contribution in [0.15, 0.2) is 60.9 Å². The fraction of sp³-hybridized carbons (Fsp3) is 0.367. The number of hydrogen-bond acceptors (Lipinski definition) is 10. The van der Waals surface area contributed by atoms with Crippen molar-refractivity contribution in [2.24, 2.45) is 0 Å². The van der Waals surface area contributed by atoms with E-state index < -0.39 is 36.7 Å². The summed E-state index contributed by atoms with van der Waals surface area (Å²) in [7, 11) is 0. The first kappa shape index (κ1) is 28.2. The molecule has 2 aliphatic rings. The summed E-state index contributed by atoms with van der Waals surface area (Å²) in [5, 5.41) is 10.2. The average molecular weight is 577 g/mol. The number of rotatable bonds is 10. The number of nitrogens with one attached hydrogen (secondary N) is 2. The summed E-state index contributed by atoms with van der Waals surface area (Å²) < 4.78 is 32.5. The van der Waals surface area contributed by atoms with Crippen LogP contribution in [0.3, 0.4) is 0 Å². The second-order valence-corrected chi connectivity index (χ2v) is 9.75. The van der Waals surface area contributed by atoms with Crippen molar-refractivity contribution in [2.75, 3.05) is 26.8 Å². The van der Waals surface area contributed by atoms with Crippen molar-refractivity contribution < 1.29 is 38.3 Å². The van der Waals surface area contributed by atoms with Crippen molar-refractivity contribution >= 4 is 5.97 Å². The van der Waals surface area contributed by atoms with Crippen LogP contribution in [0.2, 0.25) is 0 Å². The minimum atomic E-state index is -1.10. The molecule has 3 N–H and O–H groups in total. The topological polar surface area (TPSA) is 150 Å². The molecule has 2 aromatic carbocycles. The molecule has 0 bridgehead atoms. The van der Waals surface area contributed by atoms with Gasteiger partial charge in [0.2, 0.25) is 0 Å². The van der Waals surface area contributed by atoms with Gasteiger partial charge in [-0.2, -0.15) is 0 Å². The molecule has 0 amide bonds. The molecule has 0 saturated carbocycles. The predicted molar refractivity (Wildman–Crippen MR) is 148 cm³/mol. The Morgan fingerprint density at radius 2 is 1.33 bits per heavy atom. The summed E-state index contributed by atoms with van der Waals surface area (Å²) in [4.78, 5) is 27.6. The standard InChI is InChI=1S/C30H32N4O8/c1-3-37-29(35)25-23(39-15-41-25)27-31-13-21(33-27)19-9-5-17(6-10-19)18-7-11-20(12-8-18)22-14-32-28(34-22)24-26(42-16-40-24)30(36)38-4-2/h5-14,23-26,29,35H,3-4,15-16H2,1-2H3,(H,31,33)(H,32,34). The summed E-state index contributed by atoms with van der Waals surface area (Å²) >= 11 is 0. The van der Waals surface area contributed by atoms with E-state index in [2.05, 4.69) is 19.9 Å². The molecule has 12 heteroatoms. The highest BCUT2D eigenvalue weighted by atomic mass is 16.7. The van der Waals surface area contributed by atoms with Crippen LogP contribution in [0, 0.1) is 0 Å². The molecular weight excluding hydrogens is 544 g/mol. The normalized spacial score (nSPS) is 22.8. The number of aliphatic hydroxyl groups is 1. The molecule has 0 aliphatic carbocycles. The van der Waals surface area contributed by atoms with E-state index in [9.17, 15) is 9.90 Å². The monoisotopic (exact) mass is 576 g/mol. The van der Waals surface area contributed by atoms with Gasteiger partial charge in [0.15, 0.2) is 18.5 Å². The number of carbonyl (C=O) groups is 1. The van der Waals surface area contributed by atoms with Crippen molar-refractivity contribution in [3.8, 4) is 33.6 Å². The highest BCUT2D eigenvalue weighted by molar-refractivity contribution is 5.76. The number of carbonyl (C=O) groups excluding carboxylic acids is 1. The zero-order chi connectivity index (χ0) is 29.1. The van der Waals surface area contributed by atoms with Gasteiger partial charge >= 0.3 is 5.97 Å². The van der Waals surface area contributed by atoms with Gasteiger partial charge in [-0.25, -0.2) is 14.8 Å². The van der Waals surface area contributed by atoms with Crippen LogP contribution in [-0.4, -0.2) is 76.3 Å². The number of benzene rings is 2. The summed E-state index contributed by atoms with van der Waals surface area (Å²) in [5.41, 5.74) is 5.62. The lowest BCUT2D eigenvalue weighted by Gasteiger charge is -2.20. The van der Waals surface area contributed by atoms with Crippen LogP contribution in [0.25, 0.3) is 33.6 Å². The lowest BCUT2D eigenvalue weighted by atomic mass is 10.0. The number of H-pyrrole nitrogens is 2. The number of ether oxygens (including phenoxy) is 6. The number of hydrogen-bond donors (Lipinski definition) is 3. The molecule has 4 aromatic rings. The number of aromatic amines is 2. The first-order valence-corrected chi connectivity index (χ1v) is 13.8. The Hall–Kier alpha value is -3.91. The molecule has 2 aliphatic heterocycles. The summed E-state index contributed by atoms with van der Waals surface area (Å²) in [6, 6.07) is 16.2. The van der Waals surface area contributed by atoms with Crippen LogP contribution in [-0.2, 0) is 33.2 Å². The highest BCUT2D eigenvalue weighted by Crippen LogP contribution is 2.33. The van der Waals surface area contributed by atoms with Gasteiger partial charge in [-0.05, 0) is 36.1 Å². The molecule has 6 rings (SSSR count). The van der Waals surface area contributed by atoms with Crippen LogP contribution < -0.4 is 0 Å². The van der Waals surface area contributed by atoms with Crippen molar-refractivity contribution in [2.45, 2.75) is 44.6 Å². The molecule has 42 heavy (non-hydrogen) atoms. The minimum absolute atomic E-state index is 0.00215. The number of imidazole rings is 2. The van der Waals surface area contributed by atoms with Crippen molar-refractivity contribution in [3.63, 3.8) is 0 Å². The maximum atomic E-state index is 12.2. The molecule has 4 heterocycles. The second-order valence-electron chi connectivity index (χ2n) is 9.75. The lowest BCUT2D eigenvalue weighted by Crippen LogP contribution is -2.33. The Bertz CT molecular complexity index is 1490. The second kappa shape index (κ2) is 12.5. The third-order valence-corrected chi connectivity index (χ3v) is 7.17. The van der Waals surface area contributed by atoms with Crippen LogP contribution in [0.5, 0.6) is 0 Å². The van der Waals surface area contributed by atoms with Crippen molar-refractivity contribution in [3.05, 3.63) is 72.6 Å². The van der Waals surface area contributed by atoms with E-state index in [1.54, 1.807) is 26.2 Å². The van der Waals surface area contributed by atoms with E-state index in [0.717, 1.165) is 33.6 Å². The zero-order valence-corrected chi connectivity index (χ0v) is 23.2. The van der Waals surface area contributed by atoms with Crippen molar-refractivity contribution in [1.82, 2.24) is 19.9 Å². The van der Waals surface area contributed by atoms with Crippen LogP contribution >= 0.6 is 0 Å². The summed E-state index contributed by atoms with van der Waals surface area (Å²) in [6.45, 7) is 4.24. The Labute approximate surface area is 241 Å². The van der Waals surface area contributed by atoms with E-state index in [4.69, 9.17) is 28.4 Å². The minimum Gasteiger partial charge on any atom is -0.464 e. The van der Waals surface area contributed by atoms with E-state index in [1.165, 1.54) is 0 Å². The lowest BCUT2D eigenvalue weighted by molar-refractivity contribution is -0.166. The predicted octanol–water partition coefficient (Wildman–Crippen LogP) is 3.88. The Morgan fingerprint density at radius 1 is 0.810 bits per heavy atom. The summed E-state index contributed by atoms with van der Waals surface area (Å²) in [6.07, 6.45) is -0.361. The molecule has 2 fully saturated rings. The quantitative estimate of drug-likeness (QED) is 0.187. The number of aliphatic hydroxyl groups excluding tert-OH is 1. The van der Waals surface area contributed by atoms with Crippen molar-refractivity contribution in [1.29, 1.82) is 0 Å². The number of nitrogens with zero attached hydrogens (tertiary/aromatic N) is 2. The van der Waals surface area contributed by atoms with Gasteiger partial charge in [-0.1, -0.05) is 48.5 Å². The molecule has 2 aromatic heterocycles. The third kappa shape index (κ3) is 5.73. The van der Waals surface area contributed by atoms with E-state index in [0.29, 0.717) is 18.3 Å². The largest absolute Gasteiger partial charge is 0.464 e. The number of esters is 1. The SMILES string of the molecule is CCOC(=O)C1OCOC1c1ncc(-c2ccc(-c3ccc(-c4cnc(C5OCOC5C(O)OCC)[nH]4)cc3)cc2)[nH]1. The molecule has 0 radical (unpaired) electrons. The van der Waals surface area contributed by atoms with Crippen LogP contribution in [0.1, 0.15) is 37.7 Å². The first-order valence-electron chi connectivity index (χ1n) is 13.8.